The van der Waals surface area contributed by atoms with Crippen molar-refractivity contribution in [2.45, 2.75) is 25.3 Å². The second kappa shape index (κ2) is 4.72. The van der Waals surface area contributed by atoms with E-state index in [1.165, 1.54) is 0 Å². The van der Waals surface area contributed by atoms with Gasteiger partial charge in [-0.05, 0) is 18.2 Å². The topological polar surface area (TPSA) is 29.3 Å². The van der Waals surface area contributed by atoms with E-state index in [-0.39, 0.29) is 12.8 Å². The minimum atomic E-state index is -2.52. The first-order valence-corrected chi connectivity index (χ1v) is 6.55. The summed E-state index contributed by atoms with van der Waals surface area (Å²) >= 11 is 5.95. The lowest BCUT2D eigenvalue weighted by molar-refractivity contribution is -0.0568. The predicted octanol–water partition coefficient (Wildman–Crippen LogP) is 3.71. The summed E-state index contributed by atoms with van der Waals surface area (Å²) < 4.78 is 31.4. The fourth-order valence-electron chi connectivity index (χ4n) is 2.32. The third-order valence-electron chi connectivity index (χ3n) is 3.47. The fourth-order valence-corrected chi connectivity index (χ4v) is 2.50. The van der Waals surface area contributed by atoms with Crippen molar-refractivity contribution < 1.29 is 13.3 Å². The number of rotatable bonds is 2. The van der Waals surface area contributed by atoms with Crippen molar-refractivity contribution in [2.24, 2.45) is 0 Å². The largest absolute Gasteiger partial charge is 0.356 e. The van der Waals surface area contributed by atoms with Crippen molar-refractivity contribution in [3.8, 4) is 0 Å². The molecule has 19 heavy (non-hydrogen) atoms. The van der Waals surface area contributed by atoms with Crippen LogP contribution < -0.4 is 0 Å². The van der Waals surface area contributed by atoms with Crippen LogP contribution in [-0.2, 0) is 6.54 Å². The van der Waals surface area contributed by atoms with Gasteiger partial charge in [0.25, 0.3) is 5.92 Å². The Morgan fingerprint density at radius 3 is 2.79 bits per heavy atom. The Bertz CT molecular complexity index is 589. The van der Waals surface area contributed by atoms with Crippen molar-refractivity contribution >= 4 is 22.6 Å². The van der Waals surface area contributed by atoms with Crippen molar-refractivity contribution in [3.63, 3.8) is 0 Å². The third kappa shape index (κ3) is 2.72. The van der Waals surface area contributed by atoms with E-state index < -0.39 is 5.92 Å². The standard InChI is InChI=1S/C13H13ClF2N2O/c14-9-1-2-12-10(7-9)11(17-19-12)8-18-5-3-13(15,16)4-6-18/h1-2,7H,3-6,8H2. The molecular weight excluding hydrogens is 274 g/mol. The first-order valence-electron chi connectivity index (χ1n) is 6.17. The van der Waals surface area contributed by atoms with Crippen molar-refractivity contribution in [1.82, 2.24) is 10.1 Å². The highest BCUT2D eigenvalue weighted by Crippen LogP contribution is 2.29. The quantitative estimate of drug-likeness (QED) is 0.843. The van der Waals surface area contributed by atoms with Crippen LogP contribution in [0.4, 0.5) is 8.78 Å². The van der Waals surface area contributed by atoms with E-state index in [4.69, 9.17) is 16.1 Å². The summed E-state index contributed by atoms with van der Waals surface area (Å²) in [4.78, 5) is 1.97. The zero-order chi connectivity index (χ0) is 13.5. The van der Waals surface area contributed by atoms with E-state index in [1.807, 2.05) is 4.90 Å². The summed E-state index contributed by atoms with van der Waals surface area (Å²) in [5, 5.41) is 5.47. The maximum absolute atomic E-state index is 13.1. The molecule has 0 saturated carbocycles. The SMILES string of the molecule is FC1(F)CCN(Cc2noc3ccc(Cl)cc23)CC1. The molecule has 0 bridgehead atoms. The summed E-state index contributed by atoms with van der Waals surface area (Å²) in [6.45, 7) is 1.27. The molecule has 0 aliphatic carbocycles. The number of nitrogens with zero attached hydrogens (tertiary/aromatic N) is 2. The predicted molar refractivity (Wildman–Crippen MR) is 68.5 cm³/mol. The van der Waals surface area contributed by atoms with E-state index in [9.17, 15) is 8.78 Å². The van der Waals surface area contributed by atoms with Gasteiger partial charge in [0.05, 0.1) is 0 Å². The van der Waals surface area contributed by atoms with Gasteiger partial charge in [-0.3, -0.25) is 4.90 Å². The minimum Gasteiger partial charge on any atom is -0.356 e. The smallest absolute Gasteiger partial charge is 0.250 e. The number of hydrogen-bond acceptors (Lipinski definition) is 3. The Morgan fingerprint density at radius 1 is 1.32 bits per heavy atom. The lowest BCUT2D eigenvalue weighted by atomic mass is 10.1. The highest BCUT2D eigenvalue weighted by atomic mass is 35.5. The Balaban J connectivity index is 1.77. The van der Waals surface area contributed by atoms with Crippen LogP contribution in [-0.4, -0.2) is 29.1 Å². The Morgan fingerprint density at radius 2 is 2.05 bits per heavy atom. The van der Waals surface area contributed by atoms with Crippen LogP contribution in [0.5, 0.6) is 0 Å². The number of halogens is 3. The molecule has 0 atom stereocenters. The summed E-state index contributed by atoms with van der Waals surface area (Å²) in [6, 6.07) is 5.29. The zero-order valence-corrected chi connectivity index (χ0v) is 11.0. The maximum Gasteiger partial charge on any atom is 0.250 e. The van der Waals surface area contributed by atoms with Gasteiger partial charge in [0.15, 0.2) is 5.58 Å². The number of aromatic nitrogens is 1. The van der Waals surface area contributed by atoms with Crippen molar-refractivity contribution in [3.05, 3.63) is 28.9 Å². The number of likely N-dealkylation sites (tertiary alicyclic amines) is 1. The lowest BCUT2D eigenvalue weighted by Gasteiger charge is -2.30. The van der Waals surface area contributed by atoms with Gasteiger partial charge in [-0.15, -0.1) is 0 Å². The molecule has 1 aliphatic rings. The second-order valence-corrected chi connectivity index (χ2v) is 5.34. The molecule has 1 aromatic heterocycles. The average Bonchev–Trinajstić information content (AvgIpc) is 2.75. The van der Waals surface area contributed by atoms with Gasteiger partial charge in [-0.25, -0.2) is 8.78 Å². The molecule has 1 aliphatic heterocycles. The molecule has 2 heterocycles. The molecule has 102 valence electrons. The van der Waals surface area contributed by atoms with Crippen LogP contribution in [0.3, 0.4) is 0 Å². The minimum absolute atomic E-state index is 0.0937. The van der Waals surface area contributed by atoms with Crippen molar-refractivity contribution in [2.75, 3.05) is 13.1 Å². The molecule has 6 heteroatoms. The van der Waals surface area contributed by atoms with Crippen LogP contribution in [0.15, 0.2) is 22.7 Å². The molecule has 0 unspecified atom stereocenters. The molecular formula is C13H13ClF2N2O. The zero-order valence-electron chi connectivity index (χ0n) is 10.2. The molecule has 0 amide bonds. The molecule has 1 saturated heterocycles. The number of hydrogen-bond donors (Lipinski definition) is 0. The first kappa shape index (κ1) is 12.8. The average molecular weight is 287 g/mol. The van der Waals surface area contributed by atoms with E-state index in [0.717, 1.165) is 11.1 Å². The molecule has 3 rings (SSSR count). The Labute approximate surface area is 114 Å². The van der Waals surface area contributed by atoms with Gasteiger partial charge in [0.1, 0.15) is 5.69 Å². The van der Waals surface area contributed by atoms with Gasteiger partial charge < -0.3 is 4.52 Å². The second-order valence-electron chi connectivity index (χ2n) is 4.90. The van der Waals surface area contributed by atoms with E-state index in [2.05, 4.69) is 5.16 Å². The lowest BCUT2D eigenvalue weighted by Crippen LogP contribution is -2.38. The molecule has 3 nitrogen and oxygen atoms in total. The van der Waals surface area contributed by atoms with E-state index in [1.54, 1.807) is 18.2 Å². The monoisotopic (exact) mass is 286 g/mol. The van der Waals surface area contributed by atoms with Crippen LogP contribution >= 0.6 is 11.6 Å². The summed E-state index contributed by atoms with van der Waals surface area (Å²) in [5.41, 5.74) is 1.42. The molecule has 1 fully saturated rings. The number of fused-ring (bicyclic) bond motifs is 1. The maximum atomic E-state index is 13.1. The normalized spacial score (nSPS) is 19.9. The summed E-state index contributed by atoms with van der Waals surface area (Å²) in [5.74, 6) is -2.52. The number of piperidine rings is 1. The van der Waals surface area contributed by atoms with Crippen LogP contribution in [0.1, 0.15) is 18.5 Å². The Hall–Kier alpha value is -1.20. The van der Waals surface area contributed by atoms with Gasteiger partial charge >= 0.3 is 0 Å². The fraction of sp³-hybridized carbons (Fsp3) is 0.462. The molecule has 1 aromatic carbocycles. The molecule has 0 spiro atoms. The Kier molecular flexibility index (Phi) is 3.19. The molecule has 0 radical (unpaired) electrons. The van der Waals surface area contributed by atoms with Crippen LogP contribution in [0.25, 0.3) is 11.0 Å². The summed E-state index contributed by atoms with van der Waals surface area (Å²) in [7, 11) is 0. The van der Waals surface area contributed by atoms with E-state index in [0.29, 0.717) is 30.2 Å². The van der Waals surface area contributed by atoms with Gasteiger partial charge in [0.2, 0.25) is 0 Å². The highest BCUT2D eigenvalue weighted by Gasteiger charge is 2.34. The van der Waals surface area contributed by atoms with Gasteiger partial charge in [-0.1, -0.05) is 16.8 Å². The number of benzene rings is 1. The molecule has 2 aromatic rings. The highest BCUT2D eigenvalue weighted by molar-refractivity contribution is 6.31. The summed E-state index contributed by atoms with van der Waals surface area (Å²) in [6.07, 6.45) is -0.187. The van der Waals surface area contributed by atoms with Crippen molar-refractivity contribution in [1.29, 1.82) is 0 Å². The van der Waals surface area contributed by atoms with Gasteiger partial charge in [0, 0.05) is 42.9 Å². The van der Waals surface area contributed by atoms with Gasteiger partial charge in [-0.2, -0.15) is 0 Å². The number of alkyl halides is 2. The van der Waals surface area contributed by atoms with E-state index >= 15 is 0 Å². The molecule has 0 N–H and O–H groups in total. The van der Waals surface area contributed by atoms with Crippen LogP contribution in [0.2, 0.25) is 5.02 Å². The first-order chi connectivity index (χ1) is 9.03. The van der Waals surface area contributed by atoms with Crippen LogP contribution in [0, 0.1) is 0 Å². The third-order valence-corrected chi connectivity index (χ3v) is 3.70.